The van der Waals surface area contributed by atoms with E-state index in [9.17, 15) is 14.4 Å². The van der Waals surface area contributed by atoms with Crippen LogP contribution in [0.2, 0.25) is 0 Å². The molecular weight excluding hydrogens is 482 g/mol. The van der Waals surface area contributed by atoms with Crippen LogP contribution in [0.4, 0.5) is 5.69 Å². The Morgan fingerprint density at radius 2 is 1.68 bits per heavy atom. The van der Waals surface area contributed by atoms with Crippen LogP contribution in [0.3, 0.4) is 0 Å². The number of aryl methyl sites for hydroxylation is 1. The lowest BCUT2D eigenvalue weighted by Crippen LogP contribution is -2.53. The van der Waals surface area contributed by atoms with E-state index in [-0.39, 0.29) is 37.9 Å². The monoisotopic (exact) mass is 521 g/mol. The van der Waals surface area contributed by atoms with Gasteiger partial charge in [0, 0.05) is 32.7 Å². The molecule has 0 aliphatic rings. The molecule has 204 valence electrons. The molecule has 0 saturated carbocycles. The zero-order valence-electron chi connectivity index (χ0n) is 21.8. The molecule has 0 aliphatic heterocycles. The Labute approximate surface area is 224 Å². The van der Waals surface area contributed by atoms with Gasteiger partial charge in [0.25, 0.3) is 0 Å². The summed E-state index contributed by atoms with van der Waals surface area (Å²) in [4.78, 5) is 44.1. The molecule has 3 amide bonds. The molecule has 0 bridgehead atoms. The molecular formula is C28H39N7O3. The number of carbonyl (C=O) groups is 3. The molecule has 0 aromatic heterocycles. The molecule has 0 fully saturated rings. The van der Waals surface area contributed by atoms with Crippen LogP contribution in [0.1, 0.15) is 29.5 Å². The van der Waals surface area contributed by atoms with Crippen LogP contribution in [-0.4, -0.2) is 67.6 Å². The molecule has 2 aromatic carbocycles. The molecule has 0 saturated heterocycles. The molecule has 2 aromatic rings. The average Bonchev–Trinajstić information content (AvgIpc) is 2.93. The smallest absolute Gasteiger partial charge is 0.242 e. The molecule has 2 unspecified atom stereocenters. The first-order chi connectivity index (χ1) is 18.3. The molecule has 8 N–H and O–H groups in total. The van der Waals surface area contributed by atoms with Crippen LogP contribution < -0.4 is 27.8 Å². The average molecular weight is 522 g/mol. The predicted molar refractivity (Wildman–Crippen MR) is 152 cm³/mol. The van der Waals surface area contributed by atoms with E-state index in [2.05, 4.69) is 28.9 Å². The lowest BCUT2D eigenvalue weighted by molar-refractivity contribution is -0.135. The SMILES string of the molecule is C=Cc1cc(CNC(=O)C(CCc2ccccc2)NC(=O)C(N)CC(=O)N(CCN)CCN)ccc1N=C. The van der Waals surface area contributed by atoms with Gasteiger partial charge in [-0.25, -0.2) is 0 Å². The highest BCUT2D eigenvalue weighted by atomic mass is 16.2. The van der Waals surface area contributed by atoms with Gasteiger partial charge in [0.05, 0.1) is 18.2 Å². The van der Waals surface area contributed by atoms with Crippen molar-refractivity contribution in [3.8, 4) is 0 Å². The van der Waals surface area contributed by atoms with Gasteiger partial charge in [0.1, 0.15) is 6.04 Å². The summed E-state index contributed by atoms with van der Waals surface area (Å²) < 4.78 is 0. The molecule has 0 radical (unpaired) electrons. The third-order valence-electron chi connectivity index (χ3n) is 6.03. The summed E-state index contributed by atoms with van der Waals surface area (Å²) in [7, 11) is 0. The molecule has 0 heterocycles. The maximum Gasteiger partial charge on any atom is 0.242 e. The number of nitrogens with zero attached hydrogens (tertiary/aromatic N) is 2. The van der Waals surface area contributed by atoms with Gasteiger partial charge >= 0.3 is 0 Å². The Hall–Kier alpha value is -3.86. The van der Waals surface area contributed by atoms with Crippen molar-refractivity contribution in [2.75, 3.05) is 26.2 Å². The van der Waals surface area contributed by atoms with Crippen LogP contribution in [0.15, 0.2) is 60.1 Å². The molecule has 10 heteroatoms. The van der Waals surface area contributed by atoms with Crippen LogP contribution in [0.5, 0.6) is 0 Å². The molecule has 38 heavy (non-hydrogen) atoms. The Morgan fingerprint density at radius 1 is 1.00 bits per heavy atom. The summed E-state index contributed by atoms with van der Waals surface area (Å²) in [6.07, 6.45) is 2.37. The minimum Gasteiger partial charge on any atom is -0.350 e. The third-order valence-corrected chi connectivity index (χ3v) is 6.03. The predicted octanol–water partition coefficient (Wildman–Crippen LogP) is 0.859. The van der Waals surface area contributed by atoms with E-state index in [1.54, 1.807) is 12.1 Å². The van der Waals surface area contributed by atoms with Crippen molar-refractivity contribution >= 4 is 36.2 Å². The second-order valence-electron chi connectivity index (χ2n) is 8.83. The maximum atomic E-state index is 13.2. The van der Waals surface area contributed by atoms with Crippen LogP contribution in [-0.2, 0) is 27.3 Å². The van der Waals surface area contributed by atoms with Crippen molar-refractivity contribution < 1.29 is 14.4 Å². The van der Waals surface area contributed by atoms with Crippen molar-refractivity contribution in [2.45, 2.75) is 37.9 Å². The number of rotatable bonds is 16. The maximum absolute atomic E-state index is 13.2. The fourth-order valence-corrected chi connectivity index (χ4v) is 3.92. The van der Waals surface area contributed by atoms with E-state index < -0.39 is 18.0 Å². The van der Waals surface area contributed by atoms with Crippen molar-refractivity contribution in [3.63, 3.8) is 0 Å². The Balaban J connectivity index is 2.08. The minimum atomic E-state index is -1.12. The summed E-state index contributed by atoms with van der Waals surface area (Å²) in [5.41, 5.74) is 20.6. The number of nitrogens with one attached hydrogen (secondary N) is 2. The van der Waals surface area contributed by atoms with E-state index in [0.29, 0.717) is 31.6 Å². The Kier molecular flexibility index (Phi) is 12.8. The van der Waals surface area contributed by atoms with E-state index in [0.717, 1.165) is 16.7 Å². The van der Waals surface area contributed by atoms with Gasteiger partial charge in [-0.15, -0.1) is 0 Å². The summed E-state index contributed by atoms with van der Waals surface area (Å²) in [6.45, 7) is 8.77. The van der Waals surface area contributed by atoms with Crippen molar-refractivity contribution in [1.82, 2.24) is 15.5 Å². The quantitative estimate of drug-likeness (QED) is 0.205. The Morgan fingerprint density at radius 3 is 2.29 bits per heavy atom. The molecule has 0 spiro atoms. The van der Waals surface area contributed by atoms with Gasteiger partial charge in [-0.2, -0.15) is 0 Å². The highest BCUT2D eigenvalue weighted by Crippen LogP contribution is 2.21. The first kappa shape index (κ1) is 30.4. The zero-order chi connectivity index (χ0) is 27.9. The molecule has 10 nitrogen and oxygen atoms in total. The fourth-order valence-electron chi connectivity index (χ4n) is 3.92. The largest absolute Gasteiger partial charge is 0.350 e. The number of carbonyl (C=O) groups excluding carboxylic acids is 3. The third kappa shape index (κ3) is 9.55. The van der Waals surface area contributed by atoms with E-state index in [4.69, 9.17) is 17.2 Å². The fraction of sp³-hybridized carbons (Fsp3) is 0.357. The van der Waals surface area contributed by atoms with Gasteiger partial charge in [0.15, 0.2) is 0 Å². The van der Waals surface area contributed by atoms with E-state index in [1.165, 1.54) is 4.90 Å². The second-order valence-corrected chi connectivity index (χ2v) is 8.83. The van der Waals surface area contributed by atoms with E-state index >= 15 is 0 Å². The topological polar surface area (TPSA) is 169 Å². The highest BCUT2D eigenvalue weighted by Gasteiger charge is 2.26. The normalized spacial score (nSPS) is 12.2. The van der Waals surface area contributed by atoms with Crippen LogP contribution in [0, 0.1) is 0 Å². The number of hydrogen-bond acceptors (Lipinski definition) is 7. The van der Waals surface area contributed by atoms with E-state index in [1.807, 2.05) is 42.5 Å². The zero-order valence-corrected chi connectivity index (χ0v) is 21.8. The summed E-state index contributed by atoms with van der Waals surface area (Å²) in [5.74, 6) is -1.25. The van der Waals surface area contributed by atoms with Crippen molar-refractivity contribution in [1.29, 1.82) is 0 Å². The van der Waals surface area contributed by atoms with Crippen LogP contribution >= 0.6 is 0 Å². The van der Waals surface area contributed by atoms with Gasteiger partial charge in [-0.1, -0.05) is 49.1 Å². The second kappa shape index (κ2) is 16.1. The van der Waals surface area contributed by atoms with Gasteiger partial charge in [-0.05, 0) is 48.4 Å². The van der Waals surface area contributed by atoms with Gasteiger partial charge in [0.2, 0.25) is 17.7 Å². The highest BCUT2D eigenvalue weighted by molar-refractivity contribution is 5.92. The number of aliphatic imine (C=N–C) groups is 1. The first-order valence-electron chi connectivity index (χ1n) is 12.6. The molecule has 0 aliphatic carbocycles. The minimum absolute atomic E-state index is 0.215. The summed E-state index contributed by atoms with van der Waals surface area (Å²) >= 11 is 0. The Bertz CT molecular complexity index is 1090. The van der Waals surface area contributed by atoms with Crippen molar-refractivity contribution in [3.05, 3.63) is 71.8 Å². The van der Waals surface area contributed by atoms with Gasteiger partial charge in [-0.3, -0.25) is 19.4 Å². The summed E-state index contributed by atoms with van der Waals surface area (Å²) in [5, 5.41) is 5.62. The molecule has 2 rings (SSSR count). The van der Waals surface area contributed by atoms with Crippen molar-refractivity contribution in [2.24, 2.45) is 22.2 Å². The molecule has 2 atom stereocenters. The number of amides is 3. The van der Waals surface area contributed by atoms with Crippen LogP contribution in [0.25, 0.3) is 6.08 Å². The number of nitrogens with two attached hydrogens (primary N) is 3. The summed E-state index contributed by atoms with van der Waals surface area (Å²) in [6, 6.07) is 13.2. The standard InChI is InChI=1S/C28H39N7O3/c1-3-22-17-21(10-11-24(22)32-2)19-33-28(38)25(12-9-20-7-5-4-6-8-20)34-27(37)23(31)18-26(36)35(15-13-29)16-14-30/h3-8,10-11,17,23,25H,1-2,9,12-16,18-19,29-31H2,(H,33,38)(H,34,37). The number of hydrogen-bond donors (Lipinski definition) is 5. The van der Waals surface area contributed by atoms with Gasteiger partial charge < -0.3 is 32.7 Å². The lowest BCUT2D eigenvalue weighted by Gasteiger charge is -2.24. The lowest BCUT2D eigenvalue weighted by atomic mass is 10.0. The first-order valence-corrected chi connectivity index (χ1v) is 12.6. The number of benzene rings is 2.